The number of carbonyl (C=O) groups excluding carboxylic acids is 2. The number of amides is 2. The van der Waals surface area contributed by atoms with E-state index >= 15 is 0 Å². The number of hydrogen-bond acceptors (Lipinski definition) is 4. The van der Waals surface area contributed by atoms with Crippen LogP contribution in [0.25, 0.3) is 5.69 Å². The van der Waals surface area contributed by atoms with Gasteiger partial charge in [0.25, 0.3) is 5.91 Å². The summed E-state index contributed by atoms with van der Waals surface area (Å²) in [6.45, 7) is 4.72. The molecule has 1 aromatic heterocycles. The van der Waals surface area contributed by atoms with Crippen LogP contribution in [0.1, 0.15) is 23.3 Å². The molecule has 0 bridgehead atoms. The van der Waals surface area contributed by atoms with Crippen LogP contribution < -0.4 is 0 Å². The maximum absolute atomic E-state index is 12.8. The molecule has 0 N–H and O–H groups in total. The summed E-state index contributed by atoms with van der Waals surface area (Å²) in [5.74, 6) is 0.239. The zero-order valence-electron chi connectivity index (χ0n) is 16.3. The molecule has 2 aliphatic heterocycles. The van der Waals surface area contributed by atoms with E-state index in [0.717, 1.165) is 44.7 Å². The molecule has 2 saturated heterocycles. The minimum atomic E-state index is -0.0554. The average molecular weight is 381 g/mol. The summed E-state index contributed by atoms with van der Waals surface area (Å²) in [6.07, 6.45) is 3.28. The highest BCUT2D eigenvalue weighted by Gasteiger charge is 2.32. The molecular weight excluding hydrogens is 354 g/mol. The molecule has 2 aromatic rings. The van der Waals surface area contributed by atoms with Crippen LogP contribution in [0.3, 0.4) is 0 Å². The molecule has 0 spiro atoms. The first-order valence-corrected chi connectivity index (χ1v) is 9.99. The average Bonchev–Trinajstić information content (AvgIpc) is 3.24. The number of likely N-dealkylation sites (N-methyl/N-ethyl adjacent to an activating group) is 1. The largest absolute Gasteiger partial charge is 0.340 e. The highest BCUT2D eigenvalue weighted by Crippen LogP contribution is 2.22. The number of nitrogens with zero attached hydrogens (tertiary/aromatic N) is 5. The van der Waals surface area contributed by atoms with Crippen LogP contribution in [-0.4, -0.2) is 82.6 Å². The van der Waals surface area contributed by atoms with E-state index in [4.69, 9.17) is 0 Å². The van der Waals surface area contributed by atoms with Crippen molar-refractivity contribution < 1.29 is 9.59 Å². The van der Waals surface area contributed by atoms with Crippen LogP contribution in [0.4, 0.5) is 0 Å². The topological polar surface area (TPSA) is 61.7 Å². The molecule has 1 aromatic carbocycles. The molecule has 148 valence electrons. The summed E-state index contributed by atoms with van der Waals surface area (Å²) in [4.78, 5) is 31.6. The molecule has 3 heterocycles. The Bertz CT molecular complexity index is 818. The van der Waals surface area contributed by atoms with Gasteiger partial charge in [0.2, 0.25) is 5.91 Å². The van der Waals surface area contributed by atoms with Gasteiger partial charge in [-0.05, 0) is 38.1 Å². The molecular formula is C21H27N5O2. The summed E-state index contributed by atoms with van der Waals surface area (Å²) >= 11 is 0. The van der Waals surface area contributed by atoms with Gasteiger partial charge in [-0.2, -0.15) is 5.10 Å². The van der Waals surface area contributed by atoms with Crippen molar-refractivity contribution in [3.8, 4) is 5.69 Å². The van der Waals surface area contributed by atoms with Crippen molar-refractivity contribution in [1.82, 2.24) is 24.5 Å². The lowest BCUT2D eigenvalue weighted by Crippen LogP contribution is -2.51. The SMILES string of the molecule is CN1CCN(C(=O)C2CCN(C(=O)c3ccn(-c4ccccc4)n3)CC2)CC1. The van der Waals surface area contributed by atoms with Crippen LogP contribution in [0, 0.1) is 5.92 Å². The molecule has 0 unspecified atom stereocenters. The second kappa shape index (κ2) is 8.14. The van der Waals surface area contributed by atoms with Crippen LogP contribution in [0.2, 0.25) is 0 Å². The molecule has 2 fully saturated rings. The summed E-state index contributed by atoms with van der Waals surface area (Å²) in [5.41, 5.74) is 1.38. The number of rotatable bonds is 3. The van der Waals surface area contributed by atoms with Gasteiger partial charge in [0.1, 0.15) is 0 Å². The summed E-state index contributed by atoms with van der Waals surface area (Å²) in [7, 11) is 2.09. The fourth-order valence-electron chi connectivity index (χ4n) is 3.94. The molecule has 0 aliphatic carbocycles. The first kappa shape index (κ1) is 18.7. The number of piperazine rings is 1. The van der Waals surface area contributed by atoms with Gasteiger partial charge < -0.3 is 14.7 Å². The van der Waals surface area contributed by atoms with Gasteiger partial charge in [0.15, 0.2) is 5.69 Å². The third-order valence-corrected chi connectivity index (χ3v) is 5.78. The second-order valence-electron chi connectivity index (χ2n) is 7.68. The van der Waals surface area contributed by atoms with E-state index in [1.807, 2.05) is 46.3 Å². The molecule has 7 heteroatoms. The Morgan fingerprint density at radius 3 is 2.25 bits per heavy atom. The third-order valence-electron chi connectivity index (χ3n) is 5.78. The van der Waals surface area contributed by atoms with Crippen molar-refractivity contribution >= 4 is 11.8 Å². The Morgan fingerprint density at radius 2 is 1.57 bits per heavy atom. The molecule has 2 amide bonds. The Balaban J connectivity index is 1.33. The first-order chi connectivity index (χ1) is 13.6. The normalized spacial score (nSPS) is 19.0. The lowest BCUT2D eigenvalue weighted by molar-refractivity contribution is -0.138. The molecule has 4 rings (SSSR count). The smallest absolute Gasteiger partial charge is 0.274 e. The second-order valence-corrected chi connectivity index (χ2v) is 7.68. The highest BCUT2D eigenvalue weighted by molar-refractivity contribution is 5.92. The minimum Gasteiger partial charge on any atom is -0.340 e. The van der Waals surface area contributed by atoms with Gasteiger partial charge >= 0.3 is 0 Å². The number of aromatic nitrogens is 2. The summed E-state index contributed by atoms with van der Waals surface area (Å²) in [5, 5.41) is 4.44. The van der Waals surface area contributed by atoms with Gasteiger partial charge in [0, 0.05) is 51.4 Å². The van der Waals surface area contributed by atoms with E-state index in [0.29, 0.717) is 18.8 Å². The van der Waals surface area contributed by atoms with Gasteiger partial charge in [0.05, 0.1) is 5.69 Å². The number of para-hydroxylation sites is 1. The van der Waals surface area contributed by atoms with Crippen molar-refractivity contribution in [2.45, 2.75) is 12.8 Å². The lowest BCUT2D eigenvalue weighted by atomic mass is 9.94. The molecule has 0 radical (unpaired) electrons. The van der Waals surface area contributed by atoms with Crippen LogP contribution in [-0.2, 0) is 4.79 Å². The highest BCUT2D eigenvalue weighted by atomic mass is 16.2. The van der Waals surface area contributed by atoms with Crippen molar-refractivity contribution in [3.63, 3.8) is 0 Å². The van der Waals surface area contributed by atoms with Gasteiger partial charge in [-0.3, -0.25) is 9.59 Å². The fraction of sp³-hybridized carbons (Fsp3) is 0.476. The molecule has 0 atom stereocenters. The van der Waals surface area contributed by atoms with Gasteiger partial charge in [-0.1, -0.05) is 18.2 Å². The summed E-state index contributed by atoms with van der Waals surface area (Å²) in [6, 6.07) is 11.5. The first-order valence-electron chi connectivity index (χ1n) is 9.99. The van der Waals surface area contributed by atoms with E-state index in [1.54, 1.807) is 10.7 Å². The van der Waals surface area contributed by atoms with Crippen molar-refractivity contribution in [1.29, 1.82) is 0 Å². The maximum atomic E-state index is 12.8. The van der Waals surface area contributed by atoms with E-state index in [1.165, 1.54) is 0 Å². The number of benzene rings is 1. The van der Waals surface area contributed by atoms with Crippen molar-refractivity contribution in [2.24, 2.45) is 5.92 Å². The van der Waals surface area contributed by atoms with Crippen LogP contribution in [0.15, 0.2) is 42.6 Å². The number of hydrogen-bond donors (Lipinski definition) is 0. The number of piperidine rings is 1. The Labute approximate surface area is 165 Å². The third kappa shape index (κ3) is 3.94. The molecule has 7 nitrogen and oxygen atoms in total. The molecule has 2 aliphatic rings. The van der Waals surface area contributed by atoms with Gasteiger partial charge in [-0.25, -0.2) is 4.68 Å². The van der Waals surface area contributed by atoms with Crippen molar-refractivity contribution in [2.75, 3.05) is 46.3 Å². The van der Waals surface area contributed by atoms with E-state index in [-0.39, 0.29) is 17.7 Å². The maximum Gasteiger partial charge on any atom is 0.274 e. The molecule has 0 saturated carbocycles. The van der Waals surface area contributed by atoms with Crippen LogP contribution >= 0.6 is 0 Å². The zero-order valence-corrected chi connectivity index (χ0v) is 16.3. The minimum absolute atomic E-state index is 0.0364. The summed E-state index contributed by atoms with van der Waals surface area (Å²) < 4.78 is 1.72. The number of likely N-dealkylation sites (tertiary alicyclic amines) is 1. The standard InChI is InChI=1S/C21H27N5O2/c1-23-13-15-25(16-14-23)20(27)17-7-10-24(11-8-17)21(28)19-9-12-26(22-19)18-5-3-2-4-6-18/h2-6,9,12,17H,7-8,10-11,13-16H2,1H3. The van der Waals surface area contributed by atoms with Crippen LogP contribution in [0.5, 0.6) is 0 Å². The van der Waals surface area contributed by atoms with E-state index in [2.05, 4.69) is 17.0 Å². The predicted molar refractivity (Wildman–Crippen MR) is 106 cm³/mol. The lowest BCUT2D eigenvalue weighted by Gasteiger charge is -2.37. The fourth-order valence-corrected chi connectivity index (χ4v) is 3.94. The zero-order chi connectivity index (χ0) is 19.5. The predicted octanol–water partition coefficient (Wildman–Crippen LogP) is 1.50. The Hall–Kier alpha value is -2.67. The monoisotopic (exact) mass is 381 g/mol. The Kier molecular flexibility index (Phi) is 5.43. The number of carbonyl (C=O) groups is 2. The van der Waals surface area contributed by atoms with E-state index < -0.39 is 0 Å². The van der Waals surface area contributed by atoms with E-state index in [9.17, 15) is 9.59 Å². The molecule has 28 heavy (non-hydrogen) atoms. The quantitative estimate of drug-likeness (QED) is 0.808. The van der Waals surface area contributed by atoms with Gasteiger partial charge in [-0.15, -0.1) is 0 Å². The van der Waals surface area contributed by atoms with Crippen molar-refractivity contribution in [3.05, 3.63) is 48.3 Å². The Morgan fingerprint density at radius 1 is 0.893 bits per heavy atom.